The lowest BCUT2D eigenvalue weighted by Crippen LogP contribution is -1.74. The van der Waals surface area contributed by atoms with Crippen molar-refractivity contribution in [1.29, 1.82) is 0 Å². The Kier molecular flexibility index (Phi) is 6.03. The zero-order valence-corrected chi connectivity index (χ0v) is 9.09. The number of benzene rings is 1. The van der Waals surface area contributed by atoms with E-state index in [1.54, 1.807) is 6.07 Å². The highest BCUT2D eigenvalue weighted by atomic mass is 16.3. The van der Waals surface area contributed by atoms with Crippen molar-refractivity contribution in [1.82, 2.24) is 0 Å². The lowest BCUT2D eigenvalue weighted by Gasteiger charge is -1.97. The lowest BCUT2D eigenvalue weighted by atomic mass is 10.1. The molecule has 0 aliphatic carbocycles. The molecule has 1 heteroatoms. The van der Waals surface area contributed by atoms with Crippen LogP contribution in [-0.4, -0.2) is 5.11 Å². The second-order valence-electron chi connectivity index (χ2n) is 3.29. The SMILES string of the molecule is CCCC.Cc1ccc(C)c(O)c1. The maximum atomic E-state index is 9.10. The van der Waals surface area contributed by atoms with E-state index >= 15 is 0 Å². The highest BCUT2D eigenvalue weighted by Crippen LogP contribution is 2.15. The Labute approximate surface area is 81.4 Å². The molecule has 0 aliphatic heterocycles. The second-order valence-corrected chi connectivity index (χ2v) is 3.29. The maximum absolute atomic E-state index is 9.10. The number of hydrogen-bond acceptors (Lipinski definition) is 1. The number of unbranched alkanes of at least 4 members (excludes halogenated alkanes) is 1. The van der Waals surface area contributed by atoms with Gasteiger partial charge in [-0.15, -0.1) is 0 Å². The molecule has 1 rings (SSSR count). The Balaban J connectivity index is 0.000000310. The van der Waals surface area contributed by atoms with E-state index in [9.17, 15) is 0 Å². The van der Waals surface area contributed by atoms with Crippen LogP contribution in [-0.2, 0) is 0 Å². The van der Waals surface area contributed by atoms with Gasteiger partial charge in [0.1, 0.15) is 5.75 Å². The topological polar surface area (TPSA) is 20.2 Å². The molecular formula is C12H20O. The molecule has 1 nitrogen and oxygen atoms in total. The van der Waals surface area contributed by atoms with Crippen molar-refractivity contribution in [2.45, 2.75) is 40.5 Å². The van der Waals surface area contributed by atoms with Gasteiger partial charge >= 0.3 is 0 Å². The number of aromatic hydroxyl groups is 1. The van der Waals surface area contributed by atoms with E-state index in [2.05, 4.69) is 13.8 Å². The molecule has 1 aromatic rings. The first-order chi connectivity index (χ1) is 6.11. The Morgan fingerprint density at radius 3 is 1.92 bits per heavy atom. The minimum Gasteiger partial charge on any atom is -0.508 e. The molecule has 0 saturated carbocycles. The fourth-order valence-electron chi connectivity index (χ4n) is 0.719. The predicted octanol–water partition coefficient (Wildman–Crippen LogP) is 3.82. The van der Waals surface area contributed by atoms with Gasteiger partial charge in [-0.05, 0) is 31.0 Å². The highest BCUT2D eigenvalue weighted by Gasteiger charge is 1.91. The molecule has 0 amide bonds. The zero-order chi connectivity index (χ0) is 10.3. The van der Waals surface area contributed by atoms with Gasteiger partial charge in [0.15, 0.2) is 0 Å². The van der Waals surface area contributed by atoms with Gasteiger partial charge in [0.2, 0.25) is 0 Å². The second kappa shape index (κ2) is 6.53. The van der Waals surface area contributed by atoms with Gasteiger partial charge in [0, 0.05) is 0 Å². The van der Waals surface area contributed by atoms with Crippen LogP contribution in [0.5, 0.6) is 5.75 Å². The van der Waals surface area contributed by atoms with E-state index in [0.717, 1.165) is 11.1 Å². The van der Waals surface area contributed by atoms with Crippen LogP contribution in [0.2, 0.25) is 0 Å². The summed E-state index contributed by atoms with van der Waals surface area (Å²) in [4.78, 5) is 0. The van der Waals surface area contributed by atoms with Crippen molar-refractivity contribution in [3.05, 3.63) is 29.3 Å². The normalized spacial score (nSPS) is 8.92. The molecule has 0 unspecified atom stereocenters. The monoisotopic (exact) mass is 180 g/mol. The Bertz CT molecular complexity index is 239. The van der Waals surface area contributed by atoms with Gasteiger partial charge in [0.05, 0.1) is 0 Å². The van der Waals surface area contributed by atoms with Gasteiger partial charge in [-0.1, -0.05) is 38.8 Å². The summed E-state index contributed by atoms with van der Waals surface area (Å²) in [5, 5.41) is 9.10. The number of rotatable bonds is 1. The van der Waals surface area contributed by atoms with Crippen LogP contribution in [0, 0.1) is 13.8 Å². The van der Waals surface area contributed by atoms with Crippen LogP contribution in [0.25, 0.3) is 0 Å². The molecular weight excluding hydrogens is 160 g/mol. The van der Waals surface area contributed by atoms with Gasteiger partial charge in [-0.3, -0.25) is 0 Å². The molecule has 0 fully saturated rings. The highest BCUT2D eigenvalue weighted by molar-refractivity contribution is 5.34. The molecule has 0 aliphatic rings. The molecule has 0 radical (unpaired) electrons. The molecule has 0 aromatic heterocycles. The summed E-state index contributed by atoms with van der Waals surface area (Å²) in [7, 11) is 0. The van der Waals surface area contributed by atoms with Crippen molar-refractivity contribution in [3.8, 4) is 5.75 Å². The predicted molar refractivity (Wildman–Crippen MR) is 58.2 cm³/mol. The van der Waals surface area contributed by atoms with Gasteiger partial charge < -0.3 is 5.11 Å². The summed E-state index contributed by atoms with van der Waals surface area (Å²) in [5.74, 6) is 0.384. The summed E-state index contributed by atoms with van der Waals surface area (Å²) in [6.07, 6.45) is 2.64. The third-order valence-corrected chi connectivity index (χ3v) is 1.86. The summed E-state index contributed by atoms with van der Waals surface area (Å²) >= 11 is 0. The molecule has 1 aromatic carbocycles. The van der Waals surface area contributed by atoms with Gasteiger partial charge in [-0.2, -0.15) is 0 Å². The minimum absolute atomic E-state index is 0.384. The number of hydrogen-bond donors (Lipinski definition) is 1. The summed E-state index contributed by atoms with van der Waals surface area (Å²) in [6.45, 7) is 8.20. The number of aryl methyl sites for hydroxylation is 2. The molecule has 0 bridgehead atoms. The average Bonchev–Trinajstić information content (AvgIpc) is 2.12. The minimum atomic E-state index is 0.384. The molecule has 13 heavy (non-hydrogen) atoms. The van der Waals surface area contributed by atoms with Crippen molar-refractivity contribution in [3.63, 3.8) is 0 Å². The van der Waals surface area contributed by atoms with Crippen LogP contribution in [0.4, 0.5) is 0 Å². The fraction of sp³-hybridized carbons (Fsp3) is 0.500. The first kappa shape index (κ1) is 12.0. The van der Waals surface area contributed by atoms with E-state index in [1.807, 2.05) is 26.0 Å². The molecule has 74 valence electrons. The summed E-state index contributed by atoms with van der Waals surface area (Å²) < 4.78 is 0. The Morgan fingerprint density at radius 1 is 1.08 bits per heavy atom. The number of phenolic OH excluding ortho intramolecular Hbond substituents is 1. The molecule has 0 spiro atoms. The lowest BCUT2D eigenvalue weighted by molar-refractivity contribution is 0.470. The standard InChI is InChI=1S/C8H10O.C4H10/c1-6-3-4-7(2)8(9)5-6;1-3-4-2/h3-5,9H,1-2H3;3-4H2,1-2H3. The summed E-state index contributed by atoms with van der Waals surface area (Å²) in [6, 6.07) is 5.65. The van der Waals surface area contributed by atoms with E-state index in [4.69, 9.17) is 5.11 Å². The van der Waals surface area contributed by atoms with Crippen LogP contribution >= 0.6 is 0 Å². The third-order valence-electron chi connectivity index (χ3n) is 1.86. The van der Waals surface area contributed by atoms with Crippen LogP contribution < -0.4 is 0 Å². The quantitative estimate of drug-likeness (QED) is 0.696. The zero-order valence-electron chi connectivity index (χ0n) is 9.09. The molecule has 1 N–H and O–H groups in total. The van der Waals surface area contributed by atoms with Crippen LogP contribution in [0.15, 0.2) is 18.2 Å². The first-order valence-corrected chi connectivity index (χ1v) is 4.88. The van der Waals surface area contributed by atoms with Crippen molar-refractivity contribution in [2.24, 2.45) is 0 Å². The van der Waals surface area contributed by atoms with E-state index in [0.29, 0.717) is 5.75 Å². The third kappa shape index (κ3) is 5.29. The van der Waals surface area contributed by atoms with Crippen molar-refractivity contribution >= 4 is 0 Å². The summed E-state index contributed by atoms with van der Waals surface area (Å²) in [5.41, 5.74) is 2.03. The smallest absolute Gasteiger partial charge is 0.118 e. The Hall–Kier alpha value is -0.980. The maximum Gasteiger partial charge on any atom is 0.118 e. The van der Waals surface area contributed by atoms with E-state index < -0.39 is 0 Å². The number of phenols is 1. The Morgan fingerprint density at radius 2 is 1.62 bits per heavy atom. The van der Waals surface area contributed by atoms with Gasteiger partial charge in [0.25, 0.3) is 0 Å². The van der Waals surface area contributed by atoms with Gasteiger partial charge in [-0.25, -0.2) is 0 Å². The molecule has 0 atom stereocenters. The van der Waals surface area contributed by atoms with E-state index in [-0.39, 0.29) is 0 Å². The van der Waals surface area contributed by atoms with Crippen molar-refractivity contribution < 1.29 is 5.11 Å². The fourth-order valence-corrected chi connectivity index (χ4v) is 0.719. The van der Waals surface area contributed by atoms with Crippen LogP contribution in [0.3, 0.4) is 0 Å². The van der Waals surface area contributed by atoms with E-state index in [1.165, 1.54) is 12.8 Å². The largest absolute Gasteiger partial charge is 0.508 e. The molecule has 0 heterocycles. The molecule has 0 saturated heterocycles. The first-order valence-electron chi connectivity index (χ1n) is 4.88. The van der Waals surface area contributed by atoms with Crippen LogP contribution in [0.1, 0.15) is 37.8 Å². The van der Waals surface area contributed by atoms with Crippen molar-refractivity contribution in [2.75, 3.05) is 0 Å². The average molecular weight is 180 g/mol.